The van der Waals surface area contributed by atoms with Crippen LogP contribution in [-0.4, -0.2) is 31.4 Å². The van der Waals surface area contributed by atoms with Gasteiger partial charge in [0.2, 0.25) is 0 Å². The first-order valence-electron chi connectivity index (χ1n) is 4.21. The van der Waals surface area contributed by atoms with Crippen LogP contribution in [0.5, 0.6) is 0 Å². The maximum atomic E-state index is 12.6. The number of hydrogen-bond donors (Lipinski definition) is 0. The molecule has 0 saturated heterocycles. The standard InChI is InChI=1S/C8H9F7O2/c1-2-16-3-4-17-8(14,15)6(9,10)5-7(11,12)13/h2H,1,3-5H2. The van der Waals surface area contributed by atoms with E-state index in [0.29, 0.717) is 0 Å². The van der Waals surface area contributed by atoms with Gasteiger partial charge in [0, 0.05) is 0 Å². The normalized spacial score (nSPS) is 13.6. The van der Waals surface area contributed by atoms with Crippen LogP contribution in [0.1, 0.15) is 6.42 Å². The van der Waals surface area contributed by atoms with E-state index in [1.807, 2.05) is 0 Å². The minimum atomic E-state index is -5.42. The molecule has 0 aliphatic heterocycles. The summed E-state index contributed by atoms with van der Waals surface area (Å²) >= 11 is 0. The van der Waals surface area contributed by atoms with Crippen LogP contribution in [0.3, 0.4) is 0 Å². The Bertz CT molecular complexity index is 249. The maximum absolute atomic E-state index is 12.6. The molecule has 0 bridgehead atoms. The summed E-state index contributed by atoms with van der Waals surface area (Å²) in [6.07, 6.45) is -12.8. The number of halogens is 7. The molecule has 0 fully saturated rings. The van der Waals surface area contributed by atoms with E-state index in [2.05, 4.69) is 16.1 Å². The third-order valence-corrected chi connectivity index (χ3v) is 1.45. The Hall–Kier alpha value is -0.990. The van der Waals surface area contributed by atoms with Gasteiger partial charge >= 0.3 is 18.2 Å². The molecule has 0 N–H and O–H groups in total. The molecular weight excluding hydrogens is 261 g/mol. The van der Waals surface area contributed by atoms with Gasteiger partial charge in [0.05, 0.1) is 12.9 Å². The Morgan fingerprint density at radius 2 is 1.47 bits per heavy atom. The van der Waals surface area contributed by atoms with E-state index < -0.39 is 37.8 Å². The van der Waals surface area contributed by atoms with Gasteiger partial charge in [-0.25, -0.2) is 0 Å². The third-order valence-electron chi connectivity index (χ3n) is 1.45. The largest absolute Gasteiger partial charge is 0.499 e. The van der Waals surface area contributed by atoms with Crippen LogP contribution in [0.2, 0.25) is 0 Å². The Morgan fingerprint density at radius 1 is 0.941 bits per heavy atom. The summed E-state index contributed by atoms with van der Waals surface area (Å²) in [5.74, 6) is -5.33. The topological polar surface area (TPSA) is 18.5 Å². The van der Waals surface area contributed by atoms with Crippen molar-refractivity contribution in [3.05, 3.63) is 12.8 Å². The molecule has 0 spiro atoms. The lowest BCUT2D eigenvalue weighted by molar-refractivity contribution is -0.366. The molecule has 0 aromatic carbocycles. The molecule has 0 amide bonds. The second kappa shape index (κ2) is 5.56. The van der Waals surface area contributed by atoms with E-state index in [9.17, 15) is 30.7 Å². The molecule has 0 aliphatic rings. The van der Waals surface area contributed by atoms with Crippen LogP contribution in [0.4, 0.5) is 30.7 Å². The summed E-state index contributed by atoms with van der Waals surface area (Å²) in [4.78, 5) is 0. The molecule has 0 aromatic heterocycles. The Morgan fingerprint density at radius 3 is 1.88 bits per heavy atom. The monoisotopic (exact) mass is 270 g/mol. The fourth-order valence-electron chi connectivity index (χ4n) is 0.762. The molecule has 17 heavy (non-hydrogen) atoms. The minimum absolute atomic E-state index is 0.527. The van der Waals surface area contributed by atoms with Gasteiger partial charge in [0.15, 0.2) is 0 Å². The van der Waals surface area contributed by atoms with E-state index in [-0.39, 0.29) is 0 Å². The average Bonchev–Trinajstić information content (AvgIpc) is 2.08. The highest BCUT2D eigenvalue weighted by Gasteiger charge is 2.62. The molecular formula is C8H9F7O2. The first-order chi connectivity index (χ1) is 7.52. The number of alkyl halides is 7. The van der Waals surface area contributed by atoms with Crippen LogP contribution < -0.4 is 0 Å². The van der Waals surface area contributed by atoms with Gasteiger partial charge in [0.1, 0.15) is 13.0 Å². The van der Waals surface area contributed by atoms with Crippen molar-refractivity contribution in [2.75, 3.05) is 13.2 Å². The van der Waals surface area contributed by atoms with Crippen LogP contribution >= 0.6 is 0 Å². The SMILES string of the molecule is C=COCCOC(F)(F)C(F)(F)CC(F)(F)F. The van der Waals surface area contributed by atoms with Crippen molar-refractivity contribution in [1.82, 2.24) is 0 Å². The van der Waals surface area contributed by atoms with Crippen molar-refractivity contribution in [2.24, 2.45) is 0 Å². The highest BCUT2D eigenvalue weighted by Crippen LogP contribution is 2.42. The molecule has 0 rings (SSSR count). The number of ether oxygens (including phenoxy) is 2. The molecule has 0 saturated carbocycles. The van der Waals surface area contributed by atoms with Gasteiger partial charge in [-0.1, -0.05) is 6.58 Å². The van der Waals surface area contributed by atoms with Crippen LogP contribution in [0.25, 0.3) is 0 Å². The van der Waals surface area contributed by atoms with E-state index in [1.54, 1.807) is 0 Å². The van der Waals surface area contributed by atoms with Crippen LogP contribution in [0, 0.1) is 0 Å². The first-order valence-corrected chi connectivity index (χ1v) is 4.21. The molecule has 0 aromatic rings. The van der Waals surface area contributed by atoms with Crippen LogP contribution in [-0.2, 0) is 9.47 Å². The lowest BCUT2D eigenvalue weighted by Crippen LogP contribution is -2.46. The van der Waals surface area contributed by atoms with Crippen LogP contribution in [0.15, 0.2) is 12.8 Å². The zero-order valence-electron chi connectivity index (χ0n) is 8.37. The van der Waals surface area contributed by atoms with E-state index >= 15 is 0 Å². The van der Waals surface area contributed by atoms with Crippen molar-refractivity contribution in [1.29, 1.82) is 0 Å². The second-order valence-corrected chi connectivity index (χ2v) is 2.90. The van der Waals surface area contributed by atoms with Crippen molar-refractivity contribution in [3.63, 3.8) is 0 Å². The summed E-state index contributed by atoms with van der Waals surface area (Å²) in [6, 6.07) is 0. The van der Waals surface area contributed by atoms with Crippen molar-refractivity contribution >= 4 is 0 Å². The summed E-state index contributed by atoms with van der Waals surface area (Å²) in [7, 11) is 0. The molecule has 0 unspecified atom stereocenters. The highest BCUT2D eigenvalue weighted by molar-refractivity contribution is 4.80. The molecule has 0 aliphatic carbocycles. The zero-order chi connectivity index (χ0) is 13.7. The molecule has 0 atom stereocenters. The van der Waals surface area contributed by atoms with Gasteiger partial charge in [0.25, 0.3) is 0 Å². The smallest absolute Gasteiger partial charge is 0.419 e. The molecule has 0 radical (unpaired) electrons. The summed E-state index contributed by atoms with van der Waals surface area (Å²) in [5, 5.41) is 0. The zero-order valence-corrected chi connectivity index (χ0v) is 8.37. The Kier molecular flexibility index (Phi) is 5.24. The number of rotatable bonds is 7. The highest BCUT2D eigenvalue weighted by atomic mass is 19.4. The van der Waals surface area contributed by atoms with Gasteiger partial charge < -0.3 is 9.47 Å². The molecule has 102 valence electrons. The lowest BCUT2D eigenvalue weighted by Gasteiger charge is -2.26. The average molecular weight is 270 g/mol. The van der Waals surface area contributed by atoms with E-state index in [4.69, 9.17) is 0 Å². The molecule has 2 nitrogen and oxygen atoms in total. The predicted octanol–water partition coefficient (Wildman–Crippen LogP) is 3.34. The van der Waals surface area contributed by atoms with Crippen molar-refractivity contribution < 1.29 is 40.2 Å². The van der Waals surface area contributed by atoms with Gasteiger partial charge in [-0.2, -0.15) is 30.7 Å². The number of hydrogen-bond acceptors (Lipinski definition) is 2. The second-order valence-electron chi connectivity index (χ2n) is 2.90. The van der Waals surface area contributed by atoms with Gasteiger partial charge in [-0.15, -0.1) is 0 Å². The fourth-order valence-corrected chi connectivity index (χ4v) is 0.762. The fraction of sp³-hybridized carbons (Fsp3) is 0.750. The molecule has 0 heterocycles. The quantitative estimate of drug-likeness (QED) is 0.401. The lowest BCUT2D eigenvalue weighted by atomic mass is 10.2. The van der Waals surface area contributed by atoms with Gasteiger partial charge in [-0.3, -0.25) is 0 Å². The minimum Gasteiger partial charge on any atom is -0.499 e. The Balaban J connectivity index is 4.39. The molecule has 9 heteroatoms. The van der Waals surface area contributed by atoms with E-state index in [1.165, 1.54) is 0 Å². The van der Waals surface area contributed by atoms with Gasteiger partial charge in [-0.05, 0) is 0 Å². The maximum Gasteiger partial charge on any atom is 0.419 e. The van der Waals surface area contributed by atoms with Crippen molar-refractivity contribution in [2.45, 2.75) is 24.6 Å². The first kappa shape index (κ1) is 16.0. The van der Waals surface area contributed by atoms with Crippen molar-refractivity contribution in [3.8, 4) is 0 Å². The van der Waals surface area contributed by atoms with E-state index in [0.717, 1.165) is 6.26 Å². The summed E-state index contributed by atoms with van der Waals surface area (Å²) < 4.78 is 92.8. The Labute approximate surface area is 92.0 Å². The third kappa shape index (κ3) is 5.76. The summed E-state index contributed by atoms with van der Waals surface area (Å²) in [6.45, 7) is 1.51. The summed E-state index contributed by atoms with van der Waals surface area (Å²) in [5.41, 5.74) is 0. The predicted molar refractivity (Wildman–Crippen MR) is 42.7 cm³/mol.